The number of amides is 2. The molecule has 1 atom stereocenters. The number of benzene rings is 2. The quantitative estimate of drug-likeness (QED) is 0.426. The maximum absolute atomic E-state index is 12.6. The molecule has 32 heavy (non-hydrogen) atoms. The van der Waals surface area contributed by atoms with Gasteiger partial charge in [0.05, 0.1) is 21.8 Å². The lowest BCUT2D eigenvalue weighted by Crippen LogP contribution is -2.29. The predicted molar refractivity (Wildman–Crippen MR) is 129 cm³/mol. The molecule has 2 amide bonds. The Hall–Kier alpha value is -2.55. The van der Waals surface area contributed by atoms with Gasteiger partial charge in [-0.15, -0.1) is 10.2 Å². The van der Waals surface area contributed by atoms with Gasteiger partial charge in [-0.1, -0.05) is 53.2 Å². The Labute approximate surface area is 200 Å². The molecular weight excluding hydrogens is 469 g/mol. The molecule has 0 saturated heterocycles. The van der Waals surface area contributed by atoms with Crippen molar-refractivity contribution in [2.75, 3.05) is 11.1 Å². The summed E-state index contributed by atoms with van der Waals surface area (Å²) in [5.41, 5.74) is 2.09. The minimum absolute atomic E-state index is 0.141. The molecule has 0 fully saturated rings. The topological polar surface area (TPSA) is 88.9 Å². The number of carbonyl (C=O) groups excluding carboxylic acids is 2. The second kappa shape index (κ2) is 10.8. The summed E-state index contributed by atoms with van der Waals surface area (Å²) in [4.78, 5) is 25.0. The maximum atomic E-state index is 12.6. The Kier molecular flexibility index (Phi) is 8.17. The third-order valence-electron chi connectivity index (χ3n) is 4.72. The zero-order chi connectivity index (χ0) is 23.3. The molecule has 10 heteroatoms. The van der Waals surface area contributed by atoms with E-state index in [-0.39, 0.29) is 23.6 Å². The van der Waals surface area contributed by atoms with Crippen LogP contribution >= 0.6 is 35.0 Å². The molecule has 1 heterocycles. The molecule has 7 nitrogen and oxygen atoms in total. The van der Waals surface area contributed by atoms with E-state index in [0.717, 1.165) is 5.56 Å². The van der Waals surface area contributed by atoms with Gasteiger partial charge in [0.25, 0.3) is 5.91 Å². The van der Waals surface area contributed by atoms with E-state index in [4.69, 9.17) is 23.2 Å². The number of hydrogen-bond donors (Lipinski definition) is 2. The molecular formula is C22H23Cl2N5O2S. The number of aromatic nitrogens is 3. The number of nitrogens with one attached hydrogen (secondary N) is 2. The van der Waals surface area contributed by atoms with E-state index in [9.17, 15) is 9.59 Å². The van der Waals surface area contributed by atoms with Crippen LogP contribution in [0.3, 0.4) is 0 Å². The molecule has 0 aliphatic rings. The van der Waals surface area contributed by atoms with Gasteiger partial charge in [0.2, 0.25) is 5.91 Å². The van der Waals surface area contributed by atoms with Crippen LogP contribution in [-0.2, 0) is 11.3 Å². The van der Waals surface area contributed by atoms with Crippen molar-refractivity contribution >= 4 is 52.5 Å². The fraction of sp³-hybridized carbons (Fsp3) is 0.273. The number of rotatable bonds is 8. The fourth-order valence-corrected chi connectivity index (χ4v) is 4.20. The lowest BCUT2D eigenvalue weighted by Gasteiger charge is -2.16. The Morgan fingerprint density at radius 2 is 1.88 bits per heavy atom. The van der Waals surface area contributed by atoms with Gasteiger partial charge >= 0.3 is 0 Å². The van der Waals surface area contributed by atoms with E-state index >= 15 is 0 Å². The standard InChI is InChI=1S/C22H23Cl2N5O2S/c1-4-29-20(14(3)25-21(31)16-8-6-5-7-13(16)2)27-28-22(29)32-12-19(30)26-15-9-10-17(23)18(24)11-15/h5-11,14H,4,12H2,1-3H3,(H,25,31)(H,26,30)/t14-/m1/s1. The fourth-order valence-electron chi connectivity index (χ4n) is 3.09. The second-order valence-electron chi connectivity index (χ2n) is 7.06. The molecule has 0 bridgehead atoms. The van der Waals surface area contributed by atoms with Crippen molar-refractivity contribution in [1.29, 1.82) is 0 Å². The summed E-state index contributed by atoms with van der Waals surface area (Å²) in [7, 11) is 0. The van der Waals surface area contributed by atoms with Gasteiger partial charge in [0.1, 0.15) is 0 Å². The highest BCUT2D eigenvalue weighted by Crippen LogP contribution is 2.26. The van der Waals surface area contributed by atoms with Crippen LogP contribution in [-0.4, -0.2) is 32.3 Å². The highest BCUT2D eigenvalue weighted by atomic mass is 35.5. The first-order valence-electron chi connectivity index (χ1n) is 9.97. The van der Waals surface area contributed by atoms with Gasteiger partial charge < -0.3 is 15.2 Å². The van der Waals surface area contributed by atoms with Crippen molar-refractivity contribution < 1.29 is 9.59 Å². The molecule has 1 aromatic heterocycles. The van der Waals surface area contributed by atoms with Crippen molar-refractivity contribution in [3.8, 4) is 0 Å². The SMILES string of the molecule is CCn1c(SCC(=O)Nc2ccc(Cl)c(Cl)c2)nnc1[C@@H](C)NC(=O)c1ccccc1C. The number of halogens is 2. The summed E-state index contributed by atoms with van der Waals surface area (Å²) in [6.07, 6.45) is 0. The number of aryl methyl sites for hydroxylation is 1. The largest absolute Gasteiger partial charge is 0.342 e. The van der Waals surface area contributed by atoms with Crippen molar-refractivity contribution in [3.63, 3.8) is 0 Å². The summed E-state index contributed by atoms with van der Waals surface area (Å²) in [5.74, 6) is 0.391. The van der Waals surface area contributed by atoms with Crippen molar-refractivity contribution in [1.82, 2.24) is 20.1 Å². The van der Waals surface area contributed by atoms with Crippen LogP contribution in [0.15, 0.2) is 47.6 Å². The first-order chi connectivity index (χ1) is 15.3. The highest BCUT2D eigenvalue weighted by molar-refractivity contribution is 7.99. The molecule has 0 radical (unpaired) electrons. The second-order valence-corrected chi connectivity index (χ2v) is 8.82. The summed E-state index contributed by atoms with van der Waals surface area (Å²) in [6.45, 7) is 6.32. The molecule has 2 N–H and O–H groups in total. The predicted octanol–water partition coefficient (Wildman–Crippen LogP) is 5.14. The molecule has 0 saturated carbocycles. The van der Waals surface area contributed by atoms with Crippen LogP contribution < -0.4 is 10.6 Å². The molecule has 0 aliphatic carbocycles. The number of carbonyl (C=O) groups is 2. The van der Waals surface area contributed by atoms with E-state index in [1.807, 2.05) is 43.5 Å². The lowest BCUT2D eigenvalue weighted by atomic mass is 10.1. The zero-order valence-electron chi connectivity index (χ0n) is 17.9. The van der Waals surface area contributed by atoms with Crippen LogP contribution in [0.25, 0.3) is 0 Å². The number of anilines is 1. The molecule has 2 aromatic carbocycles. The van der Waals surface area contributed by atoms with Crippen LogP contribution in [0, 0.1) is 6.92 Å². The number of nitrogens with zero attached hydrogens (tertiary/aromatic N) is 3. The molecule has 3 rings (SSSR count). The molecule has 168 valence electrons. The van der Waals surface area contributed by atoms with Gasteiger partial charge in [-0.2, -0.15) is 0 Å². The first-order valence-corrected chi connectivity index (χ1v) is 11.7. The summed E-state index contributed by atoms with van der Waals surface area (Å²) in [6, 6.07) is 12.0. The van der Waals surface area contributed by atoms with Crippen molar-refractivity contribution in [2.24, 2.45) is 0 Å². The average molecular weight is 492 g/mol. The van der Waals surface area contributed by atoms with Crippen LogP contribution in [0.5, 0.6) is 0 Å². The van der Waals surface area contributed by atoms with Crippen LogP contribution in [0.2, 0.25) is 10.0 Å². The van der Waals surface area contributed by atoms with Gasteiger partial charge in [-0.25, -0.2) is 0 Å². The van der Waals surface area contributed by atoms with Crippen molar-refractivity contribution in [3.05, 3.63) is 69.5 Å². The minimum Gasteiger partial charge on any atom is -0.342 e. The lowest BCUT2D eigenvalue weighted by molar-refractivity contribution is -0.113. The van der Waals surface area contributed by atoms with Crippen molar-refractivity contribution in [2.45, 2.75) is 38.5 Å². The van der Waals surface area contributed by atoms with E-state index in [2.05, 4.69) is 20.8 Å². The van der Waals surface area contributed by atoms with E-state index in [1.165, 1.54) is 11.8 Å². The van der Waals surface area contributed by atoms with Crippen LogP contribution in [0.1, 0.15) is 41.6 Å². The Balaban J connectivity index is 1.63. The molecule has 3 aromatic rings. The Morgan fingerprint density at radius 3 is 2.56 bits per heavy atom. The monoisotopic (exact) mass is 491 g/mol. The van der Waals surface area contributed by atoms with Gasteiger partial charge in [-0.05, 0) is 50.6 Å². The summed E-state index contributed by atoms with van der Waals surface area (Å²) < 4.78 is 1.89. The third-order valence-corrected chi connectivity index (χ3v) is 6.43. The highest BCUT2D eigenvalue weighted by Gasteiger charge is 2.20. The minimum atomic E-state index is -0.353. The van der Waals surface area contributed by atoms with E-state index in [1.54, 1.807) is 24.3 Å². The van der Waals surface area contributed by atoms with Gasteiger partial charge in [0.15, 0.2) is 11.0 Å². The average Bonchev–Trinajstić information content (AvgIpc) is 3.18. The first kappa shape index (κ1) is 24.1. The molecule has 0 aliphatic heterocycles. The Morgan fingerprint density at radius 1 is 1.12 bits per heavy atom. The normalized spacial score (nSPS) is 11.8. The number of hydrogen-bond acceptors (Lipinski definition) is 5. The summed E-state index contributed by atoms with van der Waals surface area (Å²) in [5, 5.41) is 15.6. The Bertz CT molecular complexity index is 1140. The maximum Gasteiger partial charge on any atom is 0.252 e. The van der Waals surface area contributed by atoms with E-state index in [0.29, 0.717) is 38.8 Å². The zero-order valence-corrected chi connectivity index (χ0v) is 20.2. The third kappa shape index (κ3) is 5.82. The molecule has 0 unspecified atom stereocenters. The van der Waals surface area contributed by atoms with Gasteiger partial charge in [0, 0.05) is 17.8 Å². The number of thioether (sulfide) groups is 1. The smallest absolute Gasteiger partial charge is 0.252 e. The van der Waals surface area contributed by atoms with Gasteiger partial charge in [-0.3, -0.25) is 9.59 Å². The van der Waals surface area contributed by atoms with E-state index < -0.39 is 0 Å². The summed E-state index contributed by atoms with van der Waals surface area (Å²) >= 11 is 13.2. The van der Waals surface area contributed by atoms with Crippen LogP contribution in [0.4, 0.5) is 5.69 Å². The molecule has 0 spiro atoms.